The summed E-state index contributed by atoms with van der Waals surface area (Å²) in [7, 11) is 0. The number of nitrogens with zero attached hydrogens (tertiary/aromatic N) is 2. The number of aryl methyl sites for hydroxylation is 1. The Kier molecular flexibility index (Phi) is 3.98. The molecule has 0 aliphatic heterocycles. The van der Waals surface area contributed by atoms with Gasteiger partial charge in [0.1, 0.15) is 5.69 Å². The van der Waals surface area contributed by atoms with E-state index in [2.05, 4.69) is 5.10 Å². The van der Waals surface area contributed by atoms with Gasteiger partial charge in [0.25, 0.3) is 5.91 Å². The molecule has 0 spiro atoms. The first-order chi connectivity index (χ1) is 7.38. The third kappa shape index (κ3) is 4.37. The monoisotopic (exact) mass is 231 g/mol. The van der Waals surface area contributed by atoms with Crippen LogP contribution >= 0.6 is 0 Å². The lowest BCUT2D eigenvalue weighted by atomic mass is 10.1. The first-order valence-corrected chi connectivity index (χ1v) is 5.09. The van der Waals surface area contributed by atoms with Gasteiger partial charge >= 0.3 is 0 Å². The summed E-state index contributed by atoms with van der Waals surface area (Å²) in [6, 6.07) is 1.51. The zero-order chi connectivity index (χ0) is 12.2. The molecule has 0 aliphatic carbocycles. The number of unbranched alkanes of at least 4 members (excludes halogenated alkanes) is 1. The van der Waals surface area contributed by atoms with E-state index < -0.39 is 11.8 Å². The Balaban J connectivity index is 2.30. The smallest absolute Gasteiger partial charge is 0.269 e. The number of primary amides is 1. The Hall–Kier alpha value is -1.46. The summed E-state index contributed by atoms with van der Waals surface area (Å²) in [5, 5.41) is 3.90. The first kappa shape index (κ1) is 12.6. The molecule has 0 fully saturated rings. The van der Waals surface area contributed by atoms with Crippen molar-refractivity contribution in [3.05, 3.63) is 18.0 Å². The van der Waals surface area contributed by atoms with Crippen LogP contribution in [0.3, 0.4) is 0 Å². The zero-order valence-corrected chi connectivity index (χ0v) is 9.12. The zero-order valence-electron chi connectivity index (χ0n) is 9.12. The molecule has 1 aromatic rings. The van der Waals surface area contributed by atoms with Crippen LogP contribution in [0.1, 0.15) is 36.7 Å². The van der Waals surface area contributed by atoms with E-state index in [4.69, 9.17) is 5.73 Å². The summed E-state index contributed by atoms with van der Waals surface area (Å²) >= 11 is 0. The lowest BCUT2D eigenvalue weighted by Crippen LogP contribution is -2.13. The minimum Gasteiger partial charge on any atom is -0.364 e. The van der Waals surface area contributed by atoms with E-state index >= 15 is 0 Å². The lowest BCUT2D eigenvalue weighted by Gasteiger charge is -2.09. The number of halogens is 2. The molecule has 0 bridgehead atoms. The topological polar surface area (TPSA) is 60.9 Å². The number of nitrogens with two attached hydrogens (primary N) is 1. The number of aromatic nitrogens is 2. The molecular formula is C10H15F2N3O. The number of alkyl halides is 2. The second kappa shape index (κ2) is 5.05. The Labute approximate surface area is 92.4 Å². The van der Waals surface area contributed by atoms with Crippen molar-refractivity contribution in [3.63, 3.8) is 0 Å². The molecule has 0 aromatic carbocycles. The number of amides is 1. The van der Waals surface area contributed by atoms with Gasteiger partial charge in [0.05, 0.1) is 0 Å². The average Bonchev–Trinajstić information content (AvgIpc) is 2.59. The van der Waals surface area contributed by atoms with E-state index in [0.717, 1.165) is 6.92 Å². The van der Waals surface area contributed by atoms with Crippen molar-refractivity contribution >= 4 is 5.91 Å². The molecular weight excluding hydrogens is 216 g/mol. The van der Waals surface area contributed by atoms with Gasteiger partial charge in [-0.15, -0.1) is 0 Å². The first-order valence-electron chi connectivity index (χ1n) is 5.09. The maximum Gasteiger partial charge on any atom is 0.269 e. The lowest BCUT2D eigenvalue weighted by molar-refractivity contribution is 0.0102. The summed E-state index contributed by atoms with van der Waals surface area (Å²) in [6.07, 6.45) is 2.51. The van der Waals surface area contributed by atoms with E-state index in [9.17, 15) is 13.6 Å². The Bertz CT molecular complexity index is 357. The molecule has 1 heterocycles. The highest BCUT2D eigenvalue weighted by molar-refractivity contribution is 5.90. The fourth-order valence-corrected chi connectivity index (χ4v) is 1.33. The molecule has 1 rings (SSSR count). The van der Waals surface area contributed by atoms with Gasteiger partial charge in [-0.1, -0.05) is 0 Å². The molecule has 4 nitrogen and oxygen atoms in total. The molecule has 16 heavy (non-hydrogen) atoms. The summed E-state index contributed by atoms with van der Waals surface area (Å²) in [4.78, 5) is 10.7. The molecule has 90 valence electrons. The summed E-state index contributed by atoms with van der Waals surface area (Å²) in [6.45, 7) is 1.43. The van der Waals surface area contributed by atoms with Crippen LogP contribution in [0.25, 0.3) is 0 Å². The number of carbonyl (C=O) groups excluding carboxylic acids is 1. The van der Waals surface area contributed by atoms with E-state index in [1.165, 1.54) is 10.7 Å². The fourth-order valence-electron chi connectivity index (χ4n) is 1.33. The Morgan fingerprint density at radius 1 is 1.56 bits per heavy atom. The van der Waals surface area contributed by atoms with Gasteiger partial charge < -0.3 is 5.73 Å². The highest BCUT2D eigenvalue weighted by Crippen LogP contribution is 2.19. The molecule has 0 radical (unpaired) electrons. The van der Waals surface area contributed by atoms with E-state index in [0.29, 0.717) is 19.4 Å². The predicted octanol–water partition coefficient (Wildman–Crippen LogP) is 1.81. The summed E-state index contributed by atoms with van der Waals surface area (Å²) < 4.78 is 26.5. The molecule has 1 amide bonds. The number of carbonyl (C=O) groups is 1. The van der Waals surface area contributed by atoms with Crippen LogP contribution < -0.4 is 5.73 Å². The summed E-state index contributed by atoms with van der Waals surface area (Å²) in [5.74, 6) is -3.19. The molecule has 1 aromatic heterocycles. The van der Waals surface area contributed by atoms with Crippen LogP contribution in [0.15, 0.2) is 12.3 Å². The number of rotatable bonds is 6. The highest BCUT2D eigenvalue weighted by Gasteiger charge is 2.19. The average molecular weight is 231 g/mol. The largest absolute Gasteiger partial charge is 0.364 e. The fraction of sp³-hybridized carbons (Fsp3) is 0.600. The van der Waals surface area contributed by atoms with Crippen molar-refractivity contribution in [2.75, 3.05) is 0 Å². The predicted molar refractivity (Wildman–Crippen MR) is 55.2 cm³/mol. The van der Waals surface area contributed by atoms with E-state index in [1.807, 2.05) is 0 Å². The molecule has 2 N–H and O–H groups in total. The summed E-state index contributed by atoms with van der Waals surface area (Å²) in [5.41, 5.74) is 5.22. The van der Waals surface area contributed by atoms with Crippen LogP contribution in [-0.4, -0.2) is 21.6 Å². The minimum absolute atomic E-state index is 0.128. The highest BCUT2D eigenvalue weighted by atomic mass is 19.3. The van der Waals surface area contributed by atoms with Gasteiger partial charge in [-0.3, -0.25) is 9.48 Å². The molecule has 0 saturated heterocycles. The minimum atomic E-state index is -2.61. The van der Waals surface area contributed by atoms with Crippen LogP contribution in [0.4, 0.5) is 8.78 Å². The second-order valence-corrected chi connectivity index (χ2v) is 3.86. The van der Waals surface area contributed by atoms with Gasteiger partial charge in [0.15, 0.2) is 0 Å². The van der Waals surface area contributed by atoms with Crippen LogP contribution in [0, 0.1) is 0 Å². The van der Waals surface area contributed by atoms with Crippen molar-refractivity contribution < 1.29 is 13.6 Å². The molecule has 0 unspecified atom stereocenters. The SMILES string of the molecule is CC(F)(F)CCCCn1ccc(C(N)=O)n1. The van der Waals surface area contributed by atoms with Gasteiger partial charge in [-0.05, 0) is 25.8 Å². The van der Waals surface area contributed by atoms with Crippen molar-refractivity contribution in [3.8, 4) is 0 Å². The third-order valence-electron chi connectivity index (χ3n) is 2.15. The van der Waals surface area contributed by atoms with Gasteiger partial charge in [0, 0.05) is 19.2 Å². The standard InChI is InChI=1S/C10H15F2N3O/c1-10(11,12)5-2-3-6-15-7-4-8(14-15)9(13)16/h4,7H,2-3,5-6H2,1H3,(H2,13,16). The normalized spacial score (nSPS) is 11.7. The molecule has 0 saturated carbocycles. The van der Waals surface area contributed by atoms with Gasteiger partial charge in [-0.2, -0.15) is 5.10 Å². The van der Waals surface area contributed by atoms with Gasteiger partial charge in [0.2, 0.25) is 5.92 Å². The van der Waals surface area contributed by atoms with Gasteiger partial charge in [-0.25, -0.2) is 8.78 Å². The van der Waals surface area contributed by atoms with Crippen molar-refractivity contribution in [1.29, 1.82) is 0 Å². The molecule has 0 aliphatic rings. The quantitative estimate of drug-likeness (QED) is 0.759. The van der Waals surface area contributed by atoms with Crippen molar-refractivity contribution in [2.45, 2.75) is 38.7 Å². The maximum absolute atomic E-state index is 12.5. The van der Waals surface area contributed by atoms with Crippen LogP contribution in [0.5, 0.6) is 0 Å². The third-order valence-corrected chi connectivity index (χ3v) is 2.15. The second-order valence-electron chi connectivity index (χ2n) is 3.86. The number of hydrogen-bond donors (Lipinski definition) is 1. The molecule has 0 atom stereocenters. The van der Waals surface area contributed by atoms with E-state index in [1.54, 1.807) is 6.20 Å². The van der Waals surface area contributed by atoms with Crippen LogP contribution in [0.2, 0.25) is 0 Å². The molecule has 6 heteroatoms. The van der Waals surface area contributed by atoms with Crippen molar-refractivity contribution in [1.82, 2.24) is 9.78 Å². The van der Waals surface area contributed by atoms with Crippen molar-refractivity contribution in [2.24, 2.45) is 5.73 Å². The van der Waals surface area contributed by atoms with E-state index in [-0.39, 0.29) is 12.1 Å². The Morgan fingerprint density at radius 3 is 2.75 bits per heavy atom. The maximum atomic E-state index is 12.5. The van der Waals surface area contributed by atoms with Crippen LogP contribution in [-0.2, 0) is 6.54 Å². The Morgan fingerprint density at radius 2 is 2.25 bits per heavy atom. The number of hydrogen-bond acceptors (Lipinski definition) is 2.